The zero-order valence-electron chi connectivity index (χ0n) is 18.0. The minimum atomic E-state index is -4.00. The van der Waals surface area contributed by atoms with Gasteiger partial charge in [0.15, 0.2) is 0 Å². The first-order chi connectivity index (χ1) is 15.4. The molecule has 9 heteroatoms. The molecule has 32 heavy (non-hydrogen) atoms. The summed E-state index contributed by atoms with van der Waals surface area (Å²) in [6.07, 6.45) is 5.69. The second-order valence-corrected chi connectivity index (χ2v) is 10.5. The lowest BCUT2D eigenvalue weighted by atomic mass is 10.1. The molecule has 4 rings (SSSR count). The molecule has 0 radical (unpaired) electrons. The fourth-order valence-corrected chi connectivity index (χ4v) is 5.84. The molecule has 7 nitrogen and oxygen atoms in total. The summed E-state index contributed by atoms with van der Waals surface area (Å²) in [5, 5.41) is 0. The number of hydrogen-bond donors (Lipinski definition) is 1. The van der Waals surface area contributed by atoms with Gasteiger partial charge in [0.2, 0.25) is 0 Å². The van der Waals surface area contributed by atoms with E-state index in [0.717, 1.165) is 30.6 Å². The van der Waals surface area contributed by atoms with Crippen molar-refractivity contribution in [1.29, 1.82) is 0 Å². The molecule has 2 aliphatic rings. The Labute approximate surface area is 193 Å². The van der Waals surface area contributed by atoms with Crippen molar-refractivity contribution >= 4 is 39.3 Å². The van der Waals surface area contributed by atoms with Crippen molar-refractivity contribution in [1.82, 2.24) is 9.80 Å². The van der Waals surface area contributed by atoms with Crippen LogP contribution in [0.3, 0.4) is 0 Å². The fourth-order valence-electron chi connectivity index (χ4n) is 4.16. The van der Waals surface area contributed by atoms with Crippen LogP contribution in [0, 0.1) is 0 Å². The predicted octanol–water partition coefficient (Wildman–Crippen LogP) is 3.68. The molecule has 170 valence electrons. The summed E-state index contributed by atoms with van der Waals surface area (Å²) in [4.78, 5) is 30.2. The minimum absolute atomic E-state index is 0.00118. The van der Waals surface area contributed by atoms with Crippen LogP contribution in [0.25, 0.3) is 0 Å². The van der Waals surface area contributed by atoms with Crippen molar-refractivity contribution in [3.8, 4) is 0 Å². The van der Waals surface area contributed by atoms with Crippen molar-refractivity contribution in [2.75, 3.05) is 37.2 Å². The van der Waals surface area contributed by atoms with Gasteiger partial charge in [-0.2, -0.15) is 0 Å². The van der Waals surface area contributed by atoms with E-state index >= 15 is 0 Å². The van der Waals surface area contributed by atoms with Gasteiger partial charge in [-0.05, 0) is 62.3 Å². The molecule has 0 aliphatic carbocycles. The zero-order valence-corrected chi connectivity index (χ0v) is 19.7. The molecule has 0 aromatic heterocycles. The summed E-state index contributed by atoms with van der Waals surface area (Å²) in [6.45, 7) is 2.73. The third-order valence-corrected chi connectivity index (χ3v) is 8.06. The minimum Gasteiger partial charge on any atom is -0.339 e. The van der Waals surface area contributed by atoms with Crippen molar-refractivity contribution in [3.05, 3.63) is 53.6 Å². The van der Waals surface area contributed by atoms with Gasteiger partial charge in [0, 0.05) is 31.1 Å². The van der Waals surface area contributed by atoms with Gasteiger partial charge in [0.05, 0.1) is 21.7 Å². The molecule has 2 aromatic carbocycles. The molecule has 2 fully saturated rings. The maximum absolute atomic E-state index is 13.2. The average molecular weight is 474 g/mol. The number of rotatable bonds is 6. The number of hydrogen-bond acceptors (Lipinski definition) is 5. The highest BCUT2D eigenvalue weighted by Gasteiger charge is 2.26. The molecule has 2 saturated heterocycles. The van der Waals surface area contributed by atoms with E-state index in [4.69, 9.17) is 0 Å². The maximum atomic E-state index is 13.2. The summed E-state index contributed by atoms with van der Waals surface area (Å²) < 4.78 is 29.0. The van der Waals surface area contributed by atoms with Gasteiger partial charge in [-0.3, -0.25) is 14.3 Å². The highest BCUT2D eigenvalue weighted by atomic mass is 32.2. The van der Waals surface area contributed by atoms with Crippen molar-refractivity contribution < 1.29 is 18.0 Å². The van der Waals surface area contributed by atoms with Crippen LogP contribution in [0.4, 0.5) is 5.69 Å². The summed E-state index contributed by atoms with van der Waals surface area (Å²) in [5.74, 6) is -0.322. The van der Waals surface area contributed by atoms with Gasteiger partial charge in [-0.25, -0.2) is 8.42 Å². The maximum Gasteiger partial charge on any atom is 0.261 e. The lowest BCUT2D eigenvalue weighted by Gasteiger charge is -2.19. The Hall–Kier alpha value is -2.52. The molecule has 2 aliphatic heterocycles. The van der Waals surface area contributed by atoms with E-state index in [9.17, 15) is 18.0 Å². The number of carbonyl (C=O) groups excluding carboxylic acids is 2. The van der Waals surface area contributed by atoms with Crippen LogP contribution < -0.4 is 4.72 Å². The standard InChI is InChI=1S/C23H27N3O4S2/c1-31-21-11-10-17(16-19(21)23(28)26-14-6-7-15-26)32(29,30)24-20-9-3-2-8-18(20)22(27)25-12-4-5-13-25/h2-3,8-11,16,24H,4-7,12-15H2,1H3. The van der Waals surface area contributed by atoms with Gasteiger partial charge in [0.1, 0.15) is 0 Å². The highest BCUT2D eigenvalue weighted by Crippen LogP contribution is 2.28. The molecule has 2 heterocycles. The van der Waals surface area contributed by atoms with Gasteiger partial charge in [0.25, 0.3) is 21.8 Å². The van der Waals surface area contributed by atoms with E-state index in [2.05, 4.69) is 4.72 Å². The third kappa shape index (κ3) is 4.63. The Morgan fingerprint density at radius 3 is 2.00 bits per heavy atom. The van der Waals surface area contributed by atoms with E-state index in [1.807, 2.05) is 6.26 Å². The lowest BCUT2D eigenvalue weighted by Crippen LogP contribution is -2.29. The second-order valence-electron chi connectivity index (χ2n) is 8.01. The number of nitrogens with one attached hydrogen (secondary N) is 1. The largest absolute Gasteiger partial charge is 0.339 e. The van der Waals surface area contributed by atoms with Crippen LogP contribution >= 0.6 is 11.8 Å². The number of anilines is 1. The average Bonchev–Trinajstić information content (AvgIpc) is 3.52. The second kappa shape index (κ2) is 9.54. The van der Waals surface area contributed by atoms with Gasteiger partial charge in [-0.15, -0.1) is 11.8 Å². The van der Waals surface area contributed by atoms with Gasteiger partial charge < -0.3 is 9.80 Å². The van der Waals surface area contributed by atoms with Crippen molar-refractivity contribution in [2.24, 2.45) is 0 Å². The third-order valence-electron chi connectivity index (χ3n) is 5.90. The molecule has 1 N–H and O–H groups in total. The quantitative estimate of drug-likeness (QED) is 0.647. The summed E-state index contributed by atoms with van der Waals surface area (Å²) in [7, 11) is -4.00. The number of para-hydroxylation sites is 1. The number of likely N-dealkylation sites (tertiary alicyclic amines) is 2. The van der Waals surface area contributed by atoms with Crippen LogP contribution in [-0.2, 0) is 10.0 Å². The van der Waals surface area contributed by atoms with Crippen molar-refractivity contribution in [2.45, 2.75) is 35.5 Å². The molecule has 2 aromatic rings. The highest BCUT2D eigenvalue weighted by molar-refractivity contribution is 7.98. The Kier molecular flexibility index (Phi) is 6.76. The molecular weight excluding hydrogens is 446 g/mol. The van der Waals surface area contributed by atoms with Crippen LogP contribution in [0.5, 0.6) is 0 Å². The molecule has 0 bridgehead atoms. The van der Waals surface area contributed by atoms with Crippen LogP contribution in [-0.4, -0.2) is 62.5 Å². The zero-order chi connectivity index (χ0) is 22.7. The van der Waals surface area contributed by atoms with E-state index in [1.165, 1.54) is 23.9 Å². The smallest absolute Gasteiger partial charge is 0.261 e. The van der Waals surface area contributed by atoms with Crippen LogP contribution in [0.15, 0.2) is 52.3 Å². The predicted molar refractivity (Wildman–Crippen MR) is 126 cm³/mol. The van der Waals surface area contributed by atoms with E-state index < -0.39 is 10.0 Å². The SMILES string of the molecule is CSc1ccc(S(=O)(=O)Nc2ccccc2C(=O)N2CCCC2)cc1C(=O)N1CCCC1. The summed E-state index contributed by atoms with van der Waals surface area (Å²) in [6, 6.07) is 11.3. The first kappa shape index (κ1) is 22.7. The first-order valence-electron chi connectivity index (χ1n) is 10.8. The van der Waals surface area contributed by atoms with Crippen LogP contribution in [0.1, 0.15) is 46.4 Å². The number of thioether (sulfide) groups is 1. The Morgan fingerprint density at radius 1 is 0.844 bits per heavy atom. The normalized spacial score (nSPS) is 16.4. The molecule has 0 spiro atoms. The van der Waals surface area contributed by atoms with E-state index in [1.54, 1.807) is 40.1 Å². The number of carbonyl (C=O) groups is 2. The first-order valence-corrected chi connectivity index (χ1v) is 13.5. The number of amides is 2. The monoisotopic (exact) mass is 473 g/mol. The van der Waals surface area contributed by atoms with E-state index in [-0.39, 0.29) is 22.4 Å². The fraction of sp³-hybridized carbons (Fsp3) is 0.391. The Morgan fingerprint density at radius 2 is 1.41 bits per heavy atom. The van der Waals surface area contributed by atoms with Gasteiger partial charge in [-0.1, -0.05) is 12.1 Å². The molecule has 0 atom stereocenters. The van der Waals surface area contributed by atoms with Crippen LogP contribution in [0.2, 0.25) is 0 Å². The van der Waals surface area contributed by atoms with Gasteiger partial charge >= 0.3 is 0 Å². The van der Waals surface area contributed by atoms with E-state index in [0.29, 0.717) is 37.3 Å². The molecule has 2 amide bonds. The number of nitrogens with zero attached hydrogens (tertiary/aromatic N) is 2. The van der Waals surface area contributed by atoms with Crippen molar-refractivity contribution in [3.63, 3.8) is 0 Å². The number of sulfonamides is 1. The Bertz CT molecular complexity index is 1120. The summed E-state index contributed by atoms with van der Waals surface area (Å²) in [5.41, 5.74) is 0.960. The molecular formula is C23H27N3O4S2. The molecule has 0 saturated carbocycles. The number of benzene rings is 2. The lowest BCUT2D eigenvalue weighted by molar-refractivity contribution is 0.0783. The summed E-state index contributed by atoms with van der Waals surface area (Å²) >= 11 is 1.41. The molecule has 0 unspecified atom stereocenters. The topological polar surface area (TPSA) is 86.8 Å². The Balaban J connectivity index is 1.64.